The normalized spacial score (nSPS) is 13.5. The fraction of sp³-hybridized carbons (Fsp3) is 0.524. The molecule has 0 saturated heterocycles. The molecule has 0 amide bonds. The third-order valence-corrected chi connectivity index (χ3v) is 4.35. The van der Waals surface area contributed by atoms with Gasteiger partial charge in [-0.15, -0.1) is 0 Å². The maximum Gasteiger partial charge on any atom is 0.191 e. The summed E-state index contributed by atoms with van der Waals surface area (Å²) in [6.07, 6.45) is 6.17. The van der Waals surface area contributed by atoms with E-state index >= 15 is 0 Å². The molecule has 1 aromatic heterocycles. The van der Waals surface area contributed by atoms with E-state index in [0.29, 0.717) is 18.0 Å². The van der Waals surface area contributed by atoms with Crippen LogP contribution in [0.5, 0.6) is 0 Å². The zero-order chi connectivity index (χ0) is 19.0. The molecule has 0 spiro atoms. The molecule has 1 aromatic carbocycles. The second-order valence-corrected chi connectivity index (χ2v) is 8.03. The van der Waals surface area contributed by atoms with Gasteiger partial charge >= 0.3 is 0 Å². The van der Waals surface area contributed by atoms with Gasteiger partial charge in [0.1, 0.15) is 5.82 Å². The summed E-state index contributed by atoms with van der Waals surface area (Å²) in [6, 6.07) is 10.8. The highest BCUT2D eigenvalue weighted by atomic mass is 15.2. The lowest BCUT2D eigenvalue weighted by molar-refractivity contribution is 0.346. The zero-order valence-electron chi connectivity index (χ0n) is 16.8. The molecule has 0 fully saturated rings. The summed E-state index contributed by atoms with van der Waals surface area (Å²) in [4.78, 5) is 8.83. The van der Waals surface area contributed by atoms with E-state index in [1.807, 2.05) is 25.5 Å². The van der Waals surface area contributed by atoms with Crippen LogP contribution in [0.25, 0.3) is 0 Å². The molecule has 0 radical (unpaired) electrons. The Morgan fingerprint density at radius 3 is 2.62 bits per heavy atom. The summed E-state index contributed by atoms with van der Waals surface area (Å²) in [5.74, 6) is 1.82. The molecule has 0 aliphatic heterocycles. The van der Waals surface area contributed by atoms with Crippen molar-refractivity contribution in [3.05, 3.63) is 54.1 Å². The number of imidazole rings is 1. The Morgan fingerprint density at radius 1 is 1.23 bits per heavy atom. The van der Waals surface area contributed by atoms with Gasteiger partial charge in [0.05, 0.1) is 6.54 Å². The Hall–Kier alpha value is -2.30. The Morgan fingerprint density at radius 2 is 1.96 bits per heavy atom. The van der Waals surface area contributed by atoms with Crippen LogP contribution in [0.3, 0.4) is 0 Å². The molecule has 5 heteroatoms. The number of rotatable bonds is 7. The van der Waals surface area contributed by atoms with Gasteiger partial charge in [0, 0.05) is 32.0 Å². The highest BCUT2D eigenvalue weighted by Crippen LogP contribution is 2.21. The van der Waals surface area contributed by atoms with Crippen LogP contribution in [0.2, 0.25) is 0 Å². The van der Waals surface area contributed by atoms with Gasteiger partial charge in [-0.3, -0.25) is 4.99 Å². The first-order valence-corrected chi connectivity index (χ1v) is 9.38. The standard InChI is InChI=1S/C21H33N5/c1-17(11-12-21(2,3)4)25-20(22-5)24-15-19-23-13-14-26(19)16-18-9-7-6-8-10-18/h6-10,13-14,17H,11-12,15-16H2,1-5H3,(H2,22,24,25). The van der Waals surface area contributed by atoms with E-state index in [-0.39, 0.29) is 0 Å². The van der Waals surface area contributed by atoms with Gasteiger partial charge in [0.25, 0.3) is 0 Å². The van der Waals surface area contributed by atoms with Crippen LogP contribution in [0, 0.1) is 5.41 Å². The highest BCUT2D eigenvalue weighted by Gasteiger charge is 2.13. The molecule has 5 nitrogen and oxygen atoms in total. The maximum atomic E-state index is 4.48. The molecule has 2 N–H and O–H groups in total. The van der Waals surface area contributed by atoms with Crippen LogP contribution in [0.1, 0.15) is 51.9 Å². The monoisotopic (exact) mass is 355 g/mol. The Bertz CT molecular complexity index is 682. The van der Waals surface area contributed by atoms with E-state index in [1.54, 1.807) is 0 Å². The minimum atomic E-state index is 0.356. The summed E-state index contributed by atoms with van der Waals surface area (Å²) in [7, 11) is 1.81. The predicted molar refractivity (Wildman–Crippen MR) is 109 cm³/mol. The minimum absolute atomic E-state index is 0.356. The number of guanidine groups is 1. The van der Waals surface area contributed by atoms with Crippen molar-refractivity contribution in [2.24, 2.45) is 10.4 Å². The van der Waals surface area contributed by atoms with Gasteiger partial charge in [-0.1, -0.05) is 51.1 Å². The van der Waals surface area contributed by atoms with Crippen molar-refractivity contribution in [3.8, 4) is 0 Å². The second-order valence-electron chi connectivity index (χ2n) is 8.03. The summed E-state index contributed by atoms with van der Waals surface area (Å²) in [5.41, 5.74) is 1.62. The molecule has 0 aliphatic carbocycles. The van der Waals surface area contributed by atoms with Crippen LogP contribution in [-0.4, -0.2) is 28.6 Å². The van der Waals surface area contributed by atoms with Crippen molar-refractivity contribution in [1.82, 2.24) is 20.2 Å². The van der Waals surface area contributed by atoms with E-state index in [0.717, 1.165) is 24.7 Å². The van der Waals surface area contributed by atoms with Gasteiger partial charge < -0.3 is 15.2 Å². The molecular weight excluding hydrogens is 322 g/mol. The third-order valence-electron chi connectivity index (χ3n) is 4.35. The molecule has 142 valence electrons. The Labute approximate surface area is 158 Å². The molecule has 0 bridgehead atoms. The van der Waals surface area contributed by atoms with Crippen LogP contribution in [-0.2, 0) is 13.1 Å². The minimum Gasteiger partial charge on any atom is -0.354 e. The average Bonchev–Trinajstić information content (AvgIpc) is 3.04. The van der Waals surface area contributed by atoms with E-state index in [4.69, 9.17) is 0 Å². The number of aromatic nitrogens is 2. The quantitative estimate of drug-likeness (QED) is 0.586. The van der Waals surface area contributed by atoms with Crippen LogP contribution < -0.4 is 10.6 Å². The van der Waals surface area contributed by atoms with E-state index < -0.39 is 0 Å². The number of hydrogen-bond acceptors (Lipinski definition) is 2. The maximum absolute atomic E-state index is 4.48. The lowest BCUT2D eigenvalue weighted by Gasteiger charge is -2.23. The van der Waals surface area contributed by atoms with Crippen LogP contribution in [0.15, 0.2) is 47.7 Å². The molecule has 26 heavy (non-hydrogen) atoms. The van der Waals surface area contributed by atoms with Crippen molar-refractivity contribution >= 4 is 5.96 Å². The Balaban J connectivity index is 1.86. The summed E-state index contributed by atoms with van der Waals surface area (Å²) >= 11 is 0. The van der Waals surface area contributed by atoms with E-state index in [2.05, 4.69) is 77.1 Å². The molecule has 0 aliphatic rings. The molecule has 1 unspecified atom stereocenters. The number of nitrogens with one attached hydrogen (secondary N) is 2. The molecule has 0 saturated carbocycles. The van der Waals surface area contributed by atoms with E-state index in [1.165, 1.54) is 12.0 Å². The SMILES string of the molecule is CN=C(NCc1nccn1Cc1ccccc1)NC(C)CCC(C)(C)C. The topological polar surface area (TPSA) is 54.2 Å². The first-order chi connectivity index (χ1) is 12.4. The van der Waals surface area contributed by atoms with Gasteiger partial charge in [-0.25, -0.2) is 4.98 Å². The number of benzene rings is 1. The van der Waals surface area contributed by atoms with Crippen molar-refractivity contribution in [1.29, 1.82) is 0 Å². The van der Waals surface area contributed by atoms with E-state index in [9.17, 15) is 0 Å². The van der Waals surface area contributed by atoms with Crippen molar-refractivity contribution < 1.29 is 0 Å². The number of nitrogens with zero attached hydrogens (tertiary/aromatic N) is 3. The fourth-order valence-electron chi connectivity index (χ4n) is 2.74. The van der Waals surface area contributed by atoms with Gasteiger partial charge in [0.2, 0.25) is 0 Å². The average molecular weight is 356 g/mol. The molecule has 2 rings (SSSR count). The highest BCUT2D eigenvalue weighted by molar-refractivity contribution is 5.79. The first kappa shape index (κ1) is 20.0. The van der Waals surface area contributed by atoms with Gasteiger partial charge in [-0.2, -0.15) is 0 Å². The summed E-state index contributed by atoms with van der Waals surface area (Å²) in [6.45, 7) is 10.5. The molecule has 2 aromatic rings. The summed E-state index contributed by atoms with van der Waals surface area (Å²) in [5, 5.41) is 6.85. The van der Waals surface area contributed by atoms with Gasteiger partial charge in [-0.05, 0) is 30.7 Å². The van der Waals surface area contributed by atoms with Crippen LogP contribution >= 0.6 is 0 Å². The Kier molecular flexibility index (Phi) is 7.25. The van der Waals surface area contributed by atoms with Crippen LogP contribution in [0.4, 0.5) is 0 Å². The summed E-state index contributed by atoms with van der Waals surface area (Å²) < 4.78 is 2.17. The van der Waals surface area contributed by atoms with Gasteiger partial charge in [0.15, 0.2) is 5.96 Å². The largest absolute Gasteiger partial charge is 0.354 e. The lowest BCUT2D eigenvalue weighted by atomic mass is 9.89. The zero-order valence-corrected chi connectivity index (χ0v) is 16.8. The third kappa shape index (κ3) is 6.90. The molecular formula is C21H33N5. The number of hydrogen-bond donors (Lipinski definition) is 2. The second kappa shape index (κ2) is 9.41. The van der Waals surface area contributed by atoms with Crippen molar-refractivity contribution in [3.63, 3.8) is 0 Å². The van der Waals surface area contributed by atoms with Crippen molar-refractivity contribution in [2.45, 2.75) is 59.7 Å². The number of aliphatic imine (C=N–C) groups is 1. The fourth-order valence-corrected chi connectivity index (χ4v) is 2.74. The lowest BCUT2D eigenvalue weighted by Crippen LogP contribution is -2.42. The van der Waals surface area contributed by atoms with Crippen molar-refractivity contribution in [2.75, 3.05) is 7.05 Å². The molecule has 1 heterocycles. The predicted octanol–water partition coefficient (Wildman–Crippen LogP) is 3.81. The smallest absolute Gasteiger partial charge is 0.191 e. The molecule has 1 atom stereocenters. The first-order valence-electron chi connectivity index (χ1n) is 9.38.